The number of nitrogens with zero attached hydrogens (tertiary/aromatic N) is 5. The molecule has 1 N–H and O–H groups in total. The van der Waals surface area contributed by atoms with Gasteiger partial charge in [-0.15, -0.1) is 0 Å². The zero-order chi connectivity index (χ0) is 26.5. The second-order valence-corrected chi connectivity index (χ2v) is 9.53. The van der Waals surface area contributed by atoms with Gasteiger partial charge in [0.05, 0.1) is 35.0 Å². The van der Waals surface area contributed by atoms with Crippen LogP contribution in [0, 0.1) is 18.3 Å². The first-order valence-electron chi connectivity index (χ1n) is 11.4. The van der Waals surface area contributed by atoms with Gasteiger partial charge in [-0.2, -0.15) is 18.3 Å². The van der Waals surface area contributed by atoms with Gasteiger partial charge in [-0.05, 0) is 44.0 Å². The summed E-state index contributed by atoms with van der Waals surface area (Å²) in [5, 5.41) is 3.94. The van der Waals surface area contributed by atoms with E-state index in [2.05, 4.69) is 10.1 Å². The predicted octanol–water partition coefficient (Wildman–Crippen LogP) is 5.90. The number of hydrogen-bond acceptors (Lipinski definition) is 5. The van der Waals surface area contributed by atoms with Crippen LogP contribution in [0.3, 0.4) is 0 Å². The molecule has 0 saturated carbocycles. The monoisotopic (exact) mass is 532 g/mol. The molecule has 1 amide bonds. The summed E-state index contributed by atoms with van der Waals surface area (Å²) in [6.45, 7) is 0.438. The van der Waals surface area contributed by atoms with Crippen molar-refractivity contribution in [2.24, 2.45) is 5.11 Å². The molecule has 192 valence electrons. The van der Waals surface area contributed by atoms with Crippen molar-refractivity contribution in [2.75, 3.05) is 18.0 Å². The van der Waals surface area contributed by atoms with Crippen LogP contribution in [0.15, 0.2) is 60.2 Å². The average molecular weight is 533 g/mol. The Kier molecular flexibility index (Phi) is 6.06. The van der Waals surface area contributed by atoms with Crippen molar-refractivity contribution in [3.63, 3.8) is 0 Å². The van der Waals surface area contributed by atoms with Gasteiger partial charge in [-0.1, -0.05) is 23.7 Å². The van der Waals surface area contributed by atoms with E-state index < -0.39 is 30.0 Å². The van der Waals surface area contributed by atoms with E-state index in [1.165, 1.54) is 24.4 Å². The Balaban J connectivity index is 1.46. The molecule has 1 fully saturated rings. The van der Waals surface area contributed by atoms with E-state index in [1.807, 2.05) is 6.92 Å². The Morgan fingerprint density at radius 1 is 1.27 bits per heavy atom. The molecular formula is C25H21ClF4N6O. The van der Waals surface area contributed by atoms with E-state index in [0.717, 1.165) is 5.69 Å². The smallest absolute Gasteiger partial charge is 0.357 e. The van der Waals surface area contributed by atoms with Crippen LogP contribution in [0.2, 0.25) is 5.02 Å². The quantitative estimate of drug-likeness (QED) is 0.252. The molecule has 0 aliphatic carbocycles. The number of carbonyl (C=O) groups excluding carboxylic acids is 1. The van der Waals surface area contributed by atoms with Crippen molar-refractivity contribution < 1.29 is 22.4 Å². The molecule has 3 heterocycles. The lowest BCUT2D eigenvalue weighted by Crippen LogP contribution is -2.46. The van der Waals surface area contributed by atoms with Gasteiger partial charge in [0, 0.05) is 23.5 Å². The fourth-order valence-corrected chi connectivity index (χ4v) is 5.03. The van der Waals surface area contributed by atoms with Crippen LogP contribution in [0.25, 0.3) is 11.4 Å². The summed E-state index contributed by atoms with van der Waals surface area (Å²) in [5.74, 6) is -1.42. The minimum Gasteiger partial charge on any atom is -0.357 e. The van der Waals surface area contributed by atoms with Crippen LogP contribution < -0.4 is 4.90 Å². The molecule has 2 aliphatic rings. The maximum Gasteiger partial charge on any atom is 0.406 e. The van der Waals surface area contributed by atoms with Crippen LogP contribution in [-0.4, -0.2) is 45.2 Å². The van der Waals surface area contributed by atoms with E-state index in [0.29, 0.717) is 21.2 Å². The van der Waals surface area contributed by atoms with Crippen molar-refractivity contribution in [1.82, 2.24) is 14.5 Å². The summed E-state index contributed by atoms with van der Waals surface area (Å²) in [4.78, 5) is 19.8. The molecule has 2 aromatic carbocycles. The number of fused-ring (bicyclic) bond motifs is 1. The minimum atomic E-state index is -4.67. The molecule has 3 aromatic rings. The standard InChI is InChI=1S/C25H21ClF4N6O/c1-15-10-34(14-32-15)22-6-5-16(9-18(22)26)20(33-31)11-35-12-24(35)8-7-17-19(27)3-2-4-21(17)36(23(24)37)13-25(28,29)30/h2-6,9-11,14,31H,7-8,12-13H2,1H3/b20-11-,33-31?/t24-,35?/m1/s1. The maximum atomic E-state index is 14.5. The number of anilines is 1. The van der Waals surface area contributed by atoms with Gasteiger partial charge in [0.15, 0.2) is 0 Å². The Bertz CT molecular complexity index is 1430. The first kappa shape index (κ1) is 24.9. The molecule has 2 aliphatic heterocycles. The molecule has 0 bridgehead atoms. The Morgan fingerprint density at radius 3 is 2.70 bits per heavy atom. The highest BCUT2D eigenvalue weighted by atomic mass is 35.5. The molecule has 1 atom stereocenters. The van der Waals surface area contributed by atoms with Crippen molar-refractivity contribution in [1.29, 1.82) is 5.53 Å². The zero-order valence-corrected chi connectivity index (χ0v) is 20.3. The summed E-state index contributed by atoms with van der Waals surface area (Å²) < 4.78 is 56.5. The molecular weight excluding hydrogens is 512 g/mol. The van der Waals surface area contributed by atoms with Crippen molar-refractivity contribution in [2.45, 2.75) is 31.5 Å². The molecule has 5 rings (SSSR count). The van der Waals surface area contributed by atoms with Gasteiger partial charge >= 0.3 is 6.18 Å². The van der Waals surface area contributed by atoms with Crippen molar-refractivity contribution >= 4 is 28.9 Å². The molecule has 1 saturated heterocycles. The van der Waals surface area contributed by atoms with Crippen molar-refractivity contribution in [3.8, 4) is 5.69 Å². The van der Waals surface area contributed by atoms with E-state index in [4.69, 9.17) is 17.1 Å². The van der Waals surface area contributed by atoms with Gasteiger partial charge in [-0.3, -0.25) is 4.79 Å². The lowest BCUT2D eigenvalue weighted by molar-refractivity contribution is -0.134. The molecule has 7 nitrogen and oxygen atoms in total. The molecule has 1 spiro atoms. The largest absolute Gasteiger partial charge is 0.406 e. The predicted molar refractivity (Wildman–Crippen MR) is 129 cm³/mol. The highest BCUT2D eigenvalue weighted by molar-refractivity contribution is 6.32. The number of nitrogens with one attached hydrogen (secondary N) is 1. The molecule has 1 aromatic heterocycles. The number of benzene rings is 2. The second-order valence-electron chi connectivity index (χ2n) is 9.12. The maximum absolute atomic E-state index is 14.5. The average Bonchev–Trinajstić information content (AvgIpc) is 3.41. The number of hydrogen-bond donors (Lipinski definition) is 1. The van der Waals surface area contributed by atoms with Gasteiger partial charge in [-0.25, -0.2) is 14.9 Å². The summed E-state index contributed by atoms with van der Waals surface area (Å²) in [5.41, 5.74) is 8.54. The highest BCUT2D eigenvalue weighted by Gasteiger charge is 2.60. The number of aromatic nitrogens is 2. The normalized spacial score (nSPS) is 19.7. The van der Waals surface area contributed by atoms with Gasteiger partial charge < -0.3 is 14.4 Å². The number of imidazole rings is 1. The summed E-state index contributed by atoms with van der Waals surface area (Å²) >= 11 is 6.47. The van der Waals surface area contributed by atoms with Crippen molar-refractivity contribution in [3.05, 3.63) is 82.8 Å². The van der Waals surface area contributed by atoms with E-state index >= 15 is 0 Å². The Morgan fingerprint density at radius 2 is 2.05 bits per heavy atom. The third kappa shape index (κ3) is 4.59. The lowest BCUT2D eigenvalue weighted by Gasteiger charge is -2.27. The number of halogens is 5. The van der Waals surface area contributed by atoms with Crippen LogP contribution in [-0.2, 0) is 11.2 Å². The van der Waals surface area contributed by atoms with Crippen LogP contribution in [0.5, 0.6) is 0 Å². The summed E-state index contributed by atoms with van der Waals surface area (Å²) in [6.07, 6.45) is 0.425. The molecule has 37 heavy (non-hydrogen) atoms. The van der Waals surface area contributed by atoms with E-state index in [1.54, 1.807) is 40.2 Å². The van der Waals surface area contributed by atoms with Gasteiger partial charge in [0.1, 0.15) is 23.6 Å². The number of carbonyl (C=O) groups is 1. The fourth-order valence-electron chi connectivity index (χ4n) is 4.76. The number of rotatable bonds is 5. The summed E-state index contributed by atoms with van der Waals surface area (Å²) in [7, 11) is 0. The highest BCUT2D eigenvalue weighted by Crippen LogP contribution is 2.45. The van der Waals surface area contributed by atoms with Crippen LogP contribution >= 0.6 is 11.6 Å². The first-order valence-corrected chi connectivity index (χ1v) is 11.7. The van der Waals surface area contributed by atoms with E-state index in [9.17, 15) is 22.4 Å². The topological polar surface area (TPSA) is 77.4 Å². The lowest BCUT2D eigenvalue weighted by atomic mass is 10.00. The molecule has 0 unspecified atom stereocenters. The molecule has 0 radical (unpaired) electrons. The fraction of sp³-hybridized carbons (Fsp3) is 0.280. The van der Waals surface area contributed by atoms with Crippen LogP contribution in [0.1, 0.15) is 23.2 Å². The number of amides is 1. The second kappa shape index (κ2) is 8.98. The number of aryl methyl sites for hydroxylation is 1. The third-order valence-corrected chi connectivity index (χ3v) is 6.97. The first-order chi connectivity index (χ1) is 17.5. The molecule has 12 heteroatoms. The Hall–Kier alpha value is -3.73. The summed E-state index contributed by atoms with van der Waals surface area (Å²) in [6, 6.07) is 8.85. The Labute approximate surface area is 214 Å². The van der Waals surface area contributed by atoms with Gasteiger partial charge in [0.2, 0.25) is 0 Å². The zero-order valence-electron chi connectivity index (χ0n) is 19.6. The van der Waals surface area contributed by atoms with Crippen LogP contribution in [0.4, 0.5) is 23.2 Å². The SMILES string of the molecule is Cc1cn(-c2ccc(/C(=C/N3C[C@@]34CCc3c(F)cccc3N(CC(F)(F)F)C4=O)N=N)cc2Cl)cn1. The number of alkyl halides is 3. The van der Waals surface area contributed by atoms with Gasteiger partial charge in [0.25, 0.3) is 5.91 Å². The van der Waals surface area contributed by atoms with E-state index in [-0.39, 0.29) is 36.3 Å². The minimum absolute atomic E-state index is 0.0717. The third-order valence-electron chi connectivity index (χ3n) is 6.66.